The summed E-state index contributed by atoms with van der Waals surface area (Å²) in [7, 11) is -9.36. The number of hydrogen-bond acceptors (Lipinski definition) is 4. The lowest BCUT2D eigenvalue weighted by Crippen LogP contribution is -2.71. The van der Waals surface area contributed by atoms with E-state index < -0.39 is 58.4 Å². The molecule has 20 heteroatoms. The molecular weight excluding hydrogens is 632 g/mol. The Morgan fingerprint density at radius 2 is 1.11 bits per heavy atom. The Labute approximate surface area is 200 Å². The lowest BCUT2D eigenvalue weighted by molar-refractivity contribution is -0.433. The molecule has 2 N–H and O–H groups in total. The molecule has 0 aromatic heterocycles. The molecule has 0 saturated heterocycles. The van der Waals surface area contributed by atoms with Gasteiger partial charge in [-0.1, -0.05) is 12.1 Å². The topological polar surface area (TPSA) is 69.4 Å². The molecule has 0 bridgehead atoms. The number of nitrogens with two attached hydrogens (primary N) is 1. The predicted octanol–water partition coefficient (Wildman–Crippen LogP) is 6.32. The molecule has 0 atom stereocenters. The third-order valence-electron chi connectivity index (χ3n) is 3.94. The second kappa shape index (κ2) is 9.67. The number of alkyl halides is 13. The van der Waals surface area contributed by atoms with Gasteiger partial charge >= 0.3 is 45.2 Å². The normalized spacial score (nSPS) is 15.0. The first-order chi connectivity index (χ1) is 14.7. The van der Waals surface area contributed by atoms with E-state index in [1.54, 1.807) is 13.3 Å². The van der Waals surface area contributed by atoms with E-state index in [2.05, 4.69) is 4.18 Å². The van der Waals surface area contributed by atoms with Crippen LogP contribution in [0.4, 0.5) is 57.1 Å². The molecular formula is C15H15BrF13NO3PS+. The van der Waals surface area contributed by atoms with Gasteiger partial charge in [-0.25, -0.2) is 5.50 Å². The van der Waals surface area contributed by atoms with Crippen LogP contribution < -0.4 is 9.69 Å². The van der Waals surface area contributed by atoms with E-state index in [-0.39, 0.29) is 23.1 Å². The Hall–Kier alpha value is -1.07. The average molecular weight is 647 g/mol. The fourth-order valence-electron chi connectivity index (χ4n) is 2.21. The molecule has 0 spiro atoms. The lowest BCUT2D eigenvalue weighted by Gasteiger charge is -2.38. The zero-order chi connectivity index (χ0) is 27.4. The van der Waals surface area contributed by atoms with Crippen LogP contribution in [0.5, 0.6) is 5.75 Å². The highest BCUT2D eigenvalue weighted by molar-refractivity contribution is 8.93. The smallest absolute Gasteiger partial charge is 0.378 e. The molecule has 0 amide bonds. The Morgan fingerprint density at radius 3 is 1.46 bits per heavy atom. The number of hydrogen-bond donors (Lipinski definition) is 1. The van der Waals surface area contributed by atoms with Crippen molar-refractivity contribution >= 4 is 34.5 Å². The maximum absolute atomic E-state index is 13.9. The van der Waals surface area contributed by atoms with Crippen LogP contribution in [-0.4, -0.2) is 56.9 Å². The van der Waals surface area contributed by atoms with Gasteiger partial charge in [-0.05, 0) is 17.7 Å². The van der Waals surface area contributed by atoms with E-state index in [0.717, 1.165) is 12.1 Å². The summed E-state index contributed by atoms with van der Waals surface area (Å²) in [6.45, 7) is 3.28. The van der Waals surface area contributed by atoms with Crippen molar-refractivity contribution in [2.75, 3.05) is 13.3 Å². The van der Waals surface area contributed by atoms with Crippen molar-refractivity contribution in [3.05, 3.63) is 29.8 Å². The van der Waals surface area contributed by atoms with Crippen LogP contribution in [0, 0.1) is 0 Å². The number of halogens is 14. The largest absolute Gasteiger partial charge is 0.460 e. The van der Waals surface area contributed by atoms with E-state index >= 15 is 0 Å². The third kappa shape index (κ3) is 5.92. The van der Waals surface area contributed by atoms with Gasteiger partial charge in [0.25, 0.3) is 0 Å². The molecule has 0 saturated carbocycles. The summed E-state index contributed by atoms with van der Waals surface area (Å²) in [5.74, 6) is -33.7. The van der Waals surface area contributed by atoms with Gasteiger partial charge in [-0.15, -0.1) is 17.0 Å². The zero-order valence-corrected chi connectivity index (χ0v) is 20.4. The first kappa shape index (κ1) is 33.9. The van der Waals surface area contributed by atoms with Crippen LogP contribution in [0.1, 0.15) is 5.56 Å². The maximum atomic E-state index is 13.9. The number of rotatable bonds is 9. The fourth-order valence-corrected chi connectivity index (χ4v) is 4.28. The summed E-state index contributed by atoms with van der Waals surface area (Å²) in [6.07, 6.45) is -7.41. The maximum Gasteiger partial charge on any atom is 0.460 e. The van der Waals surface area contributed by atoms with Crippen LogP contribution >= 0.6 is 24.4 Å². The van der Waals surface area contributed by atoms with Crippen LogP contribution in [0.3, 0.4) is 0 Å². The van der Waals surface area contributed by atoms with Crippen molar-refractivity contribution in [1.82, 2.24) is 0 Å². The Bertz CT molecular complexity index is 993. The minimum atomic E-state index is -8.25. The van der Waals surface area contributed by atoms with Crippen molar-refractivity contribution in [1.29, 1.82) is 0 Å². The molecule has 0 radical (unpaired) electrons. The minimum Gasteiger partial charge on any atom is -0.378 e. The quantitative estimate of drug-likeness (QED) is 0.194. The van der Waals surface area contributed by atoms with Gasteiger partial charge in [0.15, 0.2) is 0 Å². The van der Waals surface area contributed by atoms with Gasteiger partial charge in [-0.3, -0.25) is 0 Å². The van der Waals surface area contributed by atoms with Gasteiger partial charge in [0, 0.05) is 0 Å². The average Bonchev–Trinajstić information content (AvgIpc) is 2.60. The molecule has 0 aliphatic heterocycles. The monoisotopic (exact) mass is 646 g/mol. The summed E-state index contributed by atoms with van der Waals surface area (Å²) < 4.78 is 197. The first-order valence-corrected chi connectivity index (χ1v) is 12.6. The van der Waals surface area contributed by atoms with Crippen LogP contribution in [0.25, 0.3) is 0 Å². The second-order valence-electron chi connectivity index (χ2n) is 7.43. The van der Waals surface area contributed by atoms with Gasteiger partial charge in [0.2, 0.25) is 0 Å². The van der Waals surface area contributed by atoms with Gasteiger partial charge in [0.1, 0.15) is 5.75 Å². The summed E-state index contributed by atoms with van der Waals surface area (Å²) in [4.78, 5) is 0. The lowest BCUT2D eigenvalue weighted by atomic mass is 9.98. The second-order valence-corrected chi connectivity index (χ2v) is 12.9. The Kier molecular flexibility index (Phi) is 9.37. The van der Waals surface area contributed by atoms with E-state index in [4.69, 9.17) is 5.50 Å². The SMILES string of the molecule is Br.C[P+](C)(N)Cc1ccc(OS(=O)(=O)C(F)(F)C(F)(F)C(F)(F)C(F)(F)C(F)(F)C(F)(F)F)cc1. The van der Waals surface area contributed by atoms with Gasteiger partial charge in [-0.2, -0.15) is 65.5 Å². The van der Waals surface area contributed by atoms with Crippen LogP contribution in [0.2, 0.25) is 0 Å². The highest BCUT2D eigenvalue weighted by Gasteiger charge is 2.93. The molecule has 0 heterocycles. The fraction of sp³-hybridized carbons (Fsp3) is 0.600. The van der Waals surface area contributed by atoms with E-state index in [0.29, 0.717) is 17.7 Å². The van der Waals surface area contributed by atoms with Crippen LogP contribution in [-0.2, 0) is 16.3 Å². The molecule has 0 aliphatic carbocycles. The third-order valence-corrected chi connectivity index (χ3v) is 6.41. The Balaban J connectivity index is 0.0000116. The minimum absolute atomic E-state index is 0. The first-order valence-electron chi connectivity index (χ1n) is 8.26. The van der Waals surface area contributed by atoms with Crippen LogP contribution in [0.15, 0.2) is 24.3 Å². The molecule has 0 unspecified atom stereocenters. The summed E-state index contributed by atoms with van der Waals surface area (Å²) >= 11 is 0. The molecule has 1 rings (SSSR count). The predicted molar refractivity (Wildman–Crippen MR) is 104 cm³/mol. The highest BCUT2D eigenvalue weighted by Crippen LogP contribution is 2.61. The van der Waals surface area contributed by atoms with Crippen molar-refractivity contribution in [2.45, 2.75) is 41.3 Å². The molecule has 1 aromatic rings. The van der Waals surface area contributed by atoms with E-state index in [1.165, 1.54) is 0 Å². The Morgan fingerprint density at radius 1 is 0.743 bits per heavy atom. The molecule has 35 heavy (non-hydrogen) atoms. The molecule has 0 fully saturated rings. The molecule has 1 aromatic carbocycles. The summed E-state index contributed by atoms with van der Waals surface area (Å²) in [5, 5.41) is -7.42. The van der Waals surface area contributed by atoms with E-state index in [9.17, 15) is 65.5 Å². The highest BCUT2D eigenvalue weighted by atomic mass is 79.9. The molecule has 0 aliphatic rings. The van der Waals surface area contributed by atoms with Crippen molar-refractivity contribution in [3.63, 3.8) is 0 Å². The number of benzene rings is 1. The standard InChI is InChI=1S/C15H14F13NO3PS.BrH/c1-33(2,29)7-8-3-5-9(6-4-8)32-34(30,31)15(27,28)13(22,23)11(18,19)10(16,17)12(20,21)14(24,25)26;/h3-6H,7,29H2,1-2H3;1H/q+1;. The summed E-state index contributed by atoms with van der Waals surface area (Å²) in [6, 6.07) is 3.09. The summed E-state index contributed by atoms with van der Waals surface area (Å²) in [5.41, 5.74) is 6.14. The van der Waals surface area contributed by atoms with E-state index in [1.807, 2.05) is 0 Å². The van der Waals surface area contributed by atoms with Gasteiger partial charge in [0.05, 0.1) is 26.9 Å². The zero-order valence-electron chi connectivity index (χ0n) is 17.0. The van der Waals surface area contributed by atoms with Gasteiger partial charge < -0.3 is 4.18 Å². The molecule has 206 valence electrons. The van der Waals surface area contributed by atoms with Crippen molar-refractivity contribution in [2.24, 2.45) is 5.50 Å². The van der Waals surface area contributed by atoms with Crippen molar-refractivity contribution in [3.8, 4) is 5.75 Å². The van der Waals surface area contributed by atoms with Crippen molar-refractivity contribution < 1.29 is 69.7 Å². The molecule has 4 nitrogen and oxygen atoms in total.